The maximum atomic E-state index is 12.7. The number of aliphatic hydroxyl groups is 1. The van der Waals surface area contributed by atoms with E-state index in [1.165, 1.54) is 0 Å². The summed E-state index contributed by atoms with van der Waals surface area (Å²) in [6, 6.07) is 0. The van der Waals surface area contributed by atoms with Crippen LogP contribution in [-0.2, 0) is 13.5 Å². The van der Waals surface area contributed by atoms with Crippen LogP contribution in [-0.4, -0.2) is 45.3 Å². The van der Waals surface area contributed by atoms with Gasteiger partial charge in [-0.2, -0.15) is 5.10 Å². The highest BCUT2D eigenvalue weighted by molar-refractivity contribution is 9.10. The zero-order chi connectivity index (χ0) is 14.2. The molecule has 7 heteroatoms. The van der Waals surface area contributed by atoms with Crippen molar-refractivity contribution >= 4 is 15.9 Å². The van der Waals surface area contributed by atoms with Gasteiger partial charge in [-0.15, -0.1) is 0 Å². The fraction of sp³-hybridized carbons (Fsp3) is 0.750. The topological polar surface area (TPSA) is 41.3 Å². The zero-order valence-corrected chi connectivity index (χ0v) is 12.6. The van der Waals surface area contributed by atoms with Crippen LogP contribution in [0.4, 0.5) is 8.78 Å². The molecule has 0 radical (unpaired) electrons. The third kappa shape index (κ3) is 3.14. The Morgan fingerprint density at radius 2 is 2.11 bits per heavy atom. The summed E-state index contributed by atoms with van der Waals surface area (Å²) in [5.41, 5.74) is 1.61. The molecule has 1 fully saturated rings. The maximum Gasteiger partial charge on any atom is 0.272 e. The number of hydrogen-bond acceptors (Lipinski definition) is 3. The molecule has 0 bridgehead atoms. The van der Waals surface area contributed by atoms with Crippen molar-refractivity contribution < 1.29 is 13.9 Å². The van der Waals surface area contributed by atoms with Crippen LogP contribution < -0.4 is 0 Å². The molecule has 0 saturated carbocycles. The van der Waals surface area contributed by atoms with Crippen LogP contribution in [0, 0.1) is 0 Å². The van der Waals surface area contributed by atoms with Gasteiger partial charge in [0.1, 0.15) is 11.8 Å². The second-order valence-corrected chi connectivity index (χ2v) is 5.79. The van der Waals surface area contributed by atoms with E-state index in [1.54, 1.807) is 9.58 Å². The number of alkyl halides is 2. The standard InChI is InChI=1S/C12H18BrF2N3O/c1-3-8-10(13)11(16-17(8)2)9(19)4-5-18-6-12(14,15)7-18/h9,19H,3-7H2,1-2H3/t9-/m1/s1. The summed E-state index contributed by atoms with van der Waals surface area (Å²) in [4.78, 5) is 1.64. The Kier molecular flexibility index (Phi) is 4.27. The molecular weight excluding hydrogens is 320 g/mol. The van der Waals surface area contributed by atoms with Gasteiger partial charge in [0.25, 0.3) is 5.92 Å². The summed E-state index contributed by atoms with van der Waals surface area (Å²) in [5, 5.41) is 14.4. The predicted octanol–water partition coefficient (Wildman–Crippen LogP) is 2.12. The predicted molar refractivity (Wildman–Crippen MR) is 71.2 cm³/mol. The van der Waals surface area contributed by atoms with Crippen molar-refractivity contribution in [2.45, 2.75) is 31.8 Å². The molecule has 1 aromatic heterocycles. The third-order valence-corrected chi connectivity index (χ3v) is 4.27. The van der Waals surface area contributed by atoms with Gasteiger partial charge in [-0.3, -0.25) is 9.58 Å². The van der Waals surface area contributed by atoms with E-state index >= 15 is 0 Å². The Bertz CT molecular complexity index is 456. The van der Waals surface area contributed by atoms with E-state index in [0.29, 0.717) is 18.7 Å². The van der Waals surface area contributed by atoms with Crippen molar-refractivity contribution in [3.8, 4) is 0 Å². The summed E-state index contributed by atoms with van der Waals surface area (Å²) in [6.45, 7) is 2.06. The molecule has 1 aliphatic rings. The van der Waals surface area contributed by atoms with Crippen molar-refractivity contribution in [3.63, 3.8) is 0 Å². The Morgan fingerprint density at radius 1 is 1.47 bits per heavy atom. The van der Waals surface area contributed by atoms with Crippen molar-refractivity contribution in [2.24, 2.45) is 7.05 Å². The lowest BCUT2D eigenvalue weighted by atomic mass is 10.1. The molecule has 108 valence electrons. The summed E-state index contributed by atoms with van der Waals surface area (Å²) < 4.78 is 27.9. The number of likely N-dealkylation sites (tertiary alicyclic amines) is 1. The Balaban J connectivity index is 1.92. The average molecular weight is 338 g/mol. The first-order valence-electron chi connectivity index (χ1n) is 6.33. The lowest BCUT2D eigenvalue weighted by molar-refractivity contribution is -0.132. The lowest BCUT2D eigenvalue weighted by Gasteiger charge is -2.38. The Hall–Kier alpha value is -0.530. The van der Waals surface area contributed by atoms with Crippen molar-refractivity contribution in [1.82, 2.24) is 14.7 Å². The molecule has 1 aromatic rings. The first-order chi connectivity index (χ1) is 8.84. The van der Waals surface area contributed by atoms with Crippen molar-refractivity contribution in [2.75, 3.05) is 19.6 Å². The maximum absolute atomic E-state index is 12.7. The van der Waals surface area contributed by atoms with Crippen LogP contribution in [0.1, 0.15) is 30.8 Å². The summed E-state index contributed by atoms with van der Waals surface area (Å²) in [6.07, 6.45) is 0.499. The molecule has 1 N–H and O–H groups in total. The monoisotopic (exact) mass is 337 g/mol. The molecule has 1 aliphatic heterocycles. The normalized spacial score (nSPS) is 20.3. The fourth-order valence-corrected chi connectivity index (χ4v) is 3.24. The minimum Gasteiger partial charge on any atom is -0.387 e. The number of hydrogen-bond donors (Lipinski definition) is 1. The number of aryl methyl sites for hydroxylation is 1. The summed E-state index contributed by atoms with van der Waals surface area (Å²) >= 11 is 3.44. The van der Waals surface area contributed by atoms with Crippen LogP contribution in [0.15, 0.2) is 4.47 Å². The second-order valence-electron chi connectivity index (χ2n) is 4.99. The van der Waals surface area contributed by atoms with Gasteiger partial charge in [0.2, 0.25) is 0 Å². The van der Waals surface area contributed by atoms with E-state index in [-0.39, 0.29) is 13.1 Å². The van der Waals surface area contributed by atoms with Crippen LogP contribution in [0.3, 0.4) is 0 Å². The van der Waals surface area contributed by atoms with Gasteiger partial charge in [0.15, 0.2) is 0 Å². The van der Waals surface area contributed by atoms with Crippen LogP contribution in [0.2, 0.25) is 0 Å². The summed E-state index contributed by atoms with van der Waals surface area (Å²) in [7, 11) is 1.83. The molecule has 0 aromatic carbocycles. The van der Waals surface area contributed by atoms with E-state index in [9.17, 15) is 13.9 Å². The van der Waals surface area contributed by atoms with Crippen molar-refractivity contribution in [1.29, 1.82) is 0 Å². The number of rotatable bonds is 5. The highest BCUT2D eigenvalue weighted by atomic mass is 79.9. The smallest absolute Gasteiger partial charge is 0.272 e. The number of aliphatic hydroxyl groups excluding tert-OH is 1. The molecule has 0 amide bonds. The van der Waals surface area contributed by atoms with Gasteiger partial charge in [-0.25, -0.2) is 8.78 Å². The van der Waals surface area contributed by atoms with E-state index in [0.717, 1.165) is 16.6 Å². The van der Waals surface area contributed by atoms with Crippen LogP contribution in [0.25, 0.3) is 0 Å². The Morgan fingerprint density at radius 3 is 2.58 bits per heavy atom. The van der Waals surface area contributed by atoms with Crippen LogP contribution >= 0.6 is 15.9 Å². The molecule has 0 spiro atoms. The number of aromatic nitrogens is 2. The minimum absolute atomic E-state index is 0.205. The van der Waals surface area contributed by atoms with Gasteiger partial charge in [0.05, 0.1) is 23.3 Å². The van der Waals surface area contributed by atoms with Gasteiger partial charge in [-0.1, -0.05) is 6.92 Å². The van der Waals surface area contributed by atoms with Crippen LogP contribution in [0.5, 0.6) is 0 Å². The minimum atomic E-state index is -2.55. The highest BCUT2D eigenvalue weighted by Gasteiger charge is 2.43. The zero-order valence-electron chi connectivity index (χ0n) is 11.0. The molecule has 1 atom stereocenters. The molecular formula is C12H18BrF2N3O. The largest absolute Gasteiger partial charge is 0.387 e. The van der Waals surface area contributed by atoms with Gasteiger partial charge < -0.3 is 5.11 Å². The van der Waals surface area contributed by atoms with E-state index in [4.69, 9.17) is 0 Å². The highest BCUT2D eigenvalue weighted by Crippen LogP contribution is 2.30. The first-order valence-corrected chi connectivity index (χ1v) is 7.13. The average Bonchev–Trinajstić information content (AvgIpc) is 2.58. The molecule has 2 heterocycles. The van der Waals surface area contributed by atoms with Crippen molar-refractivity contribution in [3.05, 3.63) is 15.9 Å². The quantitative estimate of drug-likeness (QED) is 0.894. The molecule has 2 rings (SSSR count). The molecule has 0 unspecified atom stereocenters. The molecule has 1 saturated heterocycles. The summed E-state index contributed by atoms with van der Waals surface area (Å²) in [5.74, 6) is -2.55. The fourth-order valence-electron chi connectivity index (χ4n) is 2.36. The SMILES string of the molecule is CCc1c(Br)c([C@H](O)CCN2CC(F)(F)C2)nn1C. The van der Waals surface area contributed by atoms with Gasteiger partial charge in [-0.05, 0) is 28.8 Å². The third-order valence-electron chi connectivity index (χ3n) is 3.41. The first kappa shape index (κ1) is 14.9. The number of halogens is 3. The van der Waals surface area contributed by atoms with Gasteiger partial charge in [0, 0.05) is 13.6 Å². The molecule has 0 aliphatic carbocycles. The Labute approximate surface area is 119 Å². The van der Waals surface area contributed by atoms with E-state index in [1.807, 2.05) is 14.0 Å². The number of nitrogens with zero attached hydrogens (tertiary/aromatic N) is 3. The van der Waals surface area contributed by atoms with E-state index < -0.39 is 12.0 Å². The lowest BCUT2D eigenvalue weighted by Crippen LogP contribution is -2.56. The van der Waals surface area contributed by atoms with E-state index in [2.05, 4.69) is 21.0 Å². The van der Waals surface area contributed by atoms with Gasteiger partial charge >= 0.3 is 0 Å². The molecule has 19 heavy (non-hydrogen) atoms. The molecule has 4 nitrogen and oxygen atoms in total. The second kappa shape index (κ2) is 5.46.